The van der Waals surface area contributed by atoms with Crippen molar-refractivity contribution in [1.82, 2.24) is 0 Å². The Morgan fingerprint density at radius 3 is 2.37 bits per heavy atom. The standard InChI is InChI=1S/C18H21N/c1-5-13-10-11-15-17(12-13)19(4)16-9-7-6-8-14(16)18(15,2)3/h6-12H,5H2,1-4H3. The Kier molecular flexibility index (Phi) is 2.67. The molecule has 0 saturated carbocycles. The van der Waals surface area contributed by atoms with Gasteiger partial charge in [-0.2, -0.15) is 0 Å². The van der Waals surface area contributed by atoms with Gasteiger partial charge in [0, 0.05) is 23.8 Å². The van der Waals surface area contributed by atoms with Crippen LogP contribution in [0.3, 0.4) is 0 Å². The van der Waals surface area contributed by atoms with E-state index in [0.29, 0.717) is 0 Å². The smallest absolute Gasteiger partial charge is 0.0452 e. The molecule has 0 bridgehead atoms. The minimum atomic E-state index is 0.0741. The molecule has 0 N–H and O–H groups in total. The summed E-state index contributed by atoms with van der Waals surface area (Å²) in [6, 6.07) is 15.6. The molecule has 0 saturated heterocycles. The third-order valence-corrected chi connectivity index (χ3v) is 4.44. The van der Waals surface area contributed by atoms with E-state index < -0.39 is 0 Å². The molecule has 0 aromatic heterocycles. The first-order chi connectivity index (χ1) is 9.05. The summed E-state index contributed by atoms with van der Waals surface area (Å²) in [7, 11) is 2.17. The largest absolute Gasteiger partial charge is 0.344 e. The maximum atomic E-state index is 2.34. The summed E-state index contributed by atoms with van der Waals surface area (Å²) < 4.78 is 0. The second kappa shape index (κ2) is 4.12. The van der Waals surface area contributed by atoms with Crippen LogP contribution in [0.15, 0.2) is 42.5 Å². The fraction of sp³-hybridized carbons (Fsp3) is 0.333. The van der Waals surface area contributed by atoms with Crippen molar-refractivity contribution in [2.75, 3.05) is 11.9 Å². The first-order valence-electron chi connectivity index (χ1n) is 7.02. The highest BCUT2D eigenvalue weighted by molar-refractivity contribution is 5.77. The van der Waals surface area contributed by atoms with Gasteiger partial charge in [0.25, 0.3) is 0 Å². The monoisotopic (exact) mass is 251 g/mol. The Morgan fingerprint density at radius 1 is 0.947 bits per heavy atom. The zero-order valence-corrected chi connectivity index (χ0v) is 12.2. The van der Waals surface area contributed by atoms with Crippen LogP contribution >= 0.6 is 0 Å². The lowest BCUT2D eigenvalue weighted by molar-refractivity contribution is 0.629. The van der Waals surface area contributed by atoms with E-state index in [0.717, 1.165) is 6.42 Å². The molecule has 1 nitrogen and oxygen atoms in total. The Morgan fingerprint density at radius 2 is 1.63 bits per heavy atom. The van der Waals surface area contributed by atoms with Gasteiger partial charge >= 0.3 is 0 Å². The van der Waals surface area contributed by atoms with E-state index in [1.54, 1.807) is 0 Å². The molecule has 0 spiro atoms. The fourth-order valence-electron chi connectivity index (χ4n) is 3.17. The molecule has 0 radical (unpaired) electrons. The molecule has 98 valence electrons. The zero-order valence-electron chi connectivity index (χ0n) is 12.2. The van der Waals surface area contributed by atoms with E-state index in [9.17, 15) is 0 Å². The molecule has 1 heteroatoms. The van der Waals surface area contributed by atoms with Crippen molar-refractivity contribution >= 4 is 11.4 Å². The van der Waals surface area contributed by atoms with Crippen LogP contribution < -0.4 is 4.90 Å². The average molecular weight is 251 g/mol. The molecule has 0 fully saturated rings. The van der Waals surface area contributed by atoms with Crippen molar-refractivity contribution in [2.24, 2.45) is 0 Å². The summed E-state index contributed by atoms with van der Waals surface area (Å²) in [5.41, 5.74) is 6.99. The third-order valence-electron chi connectivity index (χ3n) is 4.44. The number of hydrogen-bond acceptors (Lipinski definition) is 1. The van der Waals surface area contributed by atoms with Crippen LogP contribution in [0, 0.1) is 0 Å². The number of para-hydroxylation sites is 1. The summed E-state index contributed by atoms with van der Waals surface area (Å²) >= 11 is 0. The Hall–Kier alpha value is -1.76. The summed E-state index contributed by atoms with van der Waals surface area (Å²) in [6.07, 6.45) is 1.09. The molecule has 1 aliphatic heterocycles. The quantitative estimate of drug-likeness (QED) is 0.712. The summed E-state index contributed by atoms with van der Waals surface area (Å²) in [5.74, 6) is 0. The molecular formula is C18H21N. The van der Waals surface area contributed by atoms with Crippen LogP contribution in [-0.4, -0.2) is 7.05 Å². The second-order valence-electron chi connectivity index (χ2n) is 5.91. The Labute approximate surface area is 115 Å². The van der Waals surface area contributed by atoms with Crippen LogP contribution in [0.4, 0.5) is 11.4 Å². The lowest BCUT2D eigenvalue weighted by atomic mass is 9.73. The molecular weight excluding hydrogens is 230 g/mol. The lowest BCUT2D eigenvalue weighted by Crippen LogP contribution is -2.30. The van der Waals surface area contributed by atoms with Crippen molar-refractivity contribution < 1.29 is 0 Å². The van der Waals surface area contributed by atoms with Crippen LogP contribution in [0.25, 0.3) is 0 Å². The predicted molar refractivity (Wildman–Crippen MR) is 82.5 cm³/mol. The molecule has 0 amide bonds. The van der Waals surface area contributed by atoms with E-state index in [1.807, 2.05) is 0 Å². The zero-order chi connectivity index (χ0) is 13.6. The van der Waals surface area contributed by atoms with Crippen molar-refractivity contribution in [2.45, 2.75) is 32.6 Å². The molecule has 19 heavy (non-hydrogen) atoms. The molecule has 1 heterocycles. The minimum Gasteiger partial charge on any atom is -0.344 e. The van der Waals surface area contributed by atoms with Crippen molar-refractivity contribution in [3.05, 3.63) is 59.2 Å². The lowest BCUT2D eigenvalue weighted by Gasteiger charge is -2.40. The SMILES string of the molecule is CCc1ccc2c(c1)N(C)c1ccccc1C2(C)C. The van der Waals surface area contributed by atoms with Gasteiger partial charge in [-0.3, -0.25) is 0 Å². The normalized spacial score (nSPS) is 15.9. The first-order valence-corrected chi connectivity index (χ1v) is 7.02. The molecule has 3 rings (SSSR count). The van der Waals surface area contributed by atoms with Crippen molar-refractivity contribution in [3.63, 3.8) is 0 Å². The van der Waals surface area contributed by atoms with Crippen molar-refractivity contribution in [1.29, 1.82) is 0 Å². The van der Waals surface area contributed by atoms with Gasteiger partial charge in [0.1, 0.15) is 0 Å². The highest BCUT2D eigenvalue weighted by Gasteiger charge is 2.34. The van der Waals surface area contributed by atoms with Gasteiger partial charge < -0.3 is 4.90 Å². The van der Waals surface area contributed by atoms with Crippen molar-refractivity contribution in [3.8, 4) is 0 Å². The average Bonchev–Trinajstić information content (AvgIpc) is 2.44. The maximum Gasteiger partial charge on any atom is 0.0452 e. The molecule has 0 atom stereocenters. The summed E-state index contributed by atoms with van der Waals surface area (Å²) in [6.45, 7) is 6.86. The molecule has 0 aliphatic carbocycles. The predicted octanol–water partition coefficient (Wildman–Crippen LogP) is 4.66. The number of nitrogens with zero attached hydrogens (tertiary/aromatic N) is 1. The number of rotatable bonds is 1. The van der Waals surface area contributed by atoms with E-state index in [1.165, 1.54) is 28.1 Å². The summed E-state index contributed by atoms with van der Waals surface area (Å²) in [5, 5.41) is 0. The van der Waals surface area contributed by atoms with Gasteiger partial charge in [0.05, 0.1) is 0 Å². The van der Waals surface area contributed by atoms with Crippen LogP contribution in [0.2, 0.25) is 0 Å². The van der Waals surface area contributed by atoms with Crippen LogP contribution in [0.1, 0.15) is 37.5 Å². The van der Waals surface area contributed by atoms with Crippen LogP contribution in [0.5, 0.6) is 0 Å². The second-order valence-corrected chi connectivity index (χ2v) is 5.91. The molecule has 2 aromatic carbocycles. The Balaban J connectivity index is 2.28. The number of hydrogen-bond donors (Lipinski definition) is 0. The number of benzene rings is 2. The van der Waals surface area contributed by atoms with Gasteiger partial charge in [0.2, 0.25) is 0 Å². The van der Waals surface area contributed by atoms with E-state index >= 15 is 0 Å². The van der Waals surface area contributed by atoms with E-state index in [-0.39, 0.29) is 5.41 Å². The van der Waals surface area contributed by atoms with Gasteiger partial charge in [-0.15, -0.1) is 0 Å². The van der Waals surface area contributed by atoms with Crippen LogP contribution in [-0.2, 0) is 11.8 Å². The first kappa shape index (κ1) is 12.3. The third kappa shape index (κ3) is 1.68. The highest BCUT2D eigenvalue weighted by Crippen LogP contribution is 2.48. The molecule has 2 aromatic rings. The maximum absolute atomic E-state index is 2.34. The highest BCUT2D eigenvalue weighted by atomic mass is 15.1. The number of aryl methyl sites for hydroxylation is 1. The molecule has 1 aliphatic rings. The summed E-state index contributed by atoms with van der Waals surface area (Å²) in [4.78, 5) is 2.33. The molecule has 0 unspecified atom stereocenters. The van der Waals surface area contributed by atoms with E-state index in [2.05, 4.69) is 75.2 Å². The van der Waals surface area contributed by atoms with Gasteiger partial charge in [-0.25, -0.2) is 0 Å². The minimum absolute atomic E-state index is 0.0741. The topological polar surface area (TPSA) is 3.24 Å². The van der Waals surface area contributed by atoms with E-state index in [4.69, 9.17) is 0 Å². The number of anilines is 2. The van der Waals surface area contributed by atoms with Gasteiger partial charge in [0.15, 0.2) is 0 Å². The number of fused-ring (bicyclic) bond motifs is 2. The van der Waals surface area contributed by atoms with Gasteiger partial charge in [-0.05, 0) is 35.2 Å². The van der Waals surface area contributed by atoms with Gasteiger partial charge in [-0.1, -0.05) is 51.1 Å². The fourth-order valence-corrected chi connectivity index (χ4v) is 3.17. The Bertz CT molecular complexity index is 625.